The van der Waals surface area contributed by atoms with Gasteiger partial charge in [0.1, 0.15) is 6.10 Å². The maximum atomic E-state index is 12.1. The van der Waals surface area contributed by atoms with Crippen LogP contribution in [0.2, 0.25) is 0 Å². The molecule has 0 aromatic carbocycles. The molecule has 1 saturated carbocycles. The van der Waals surface area contributed by atoms with E-state index >= 15 is 0 Å². The van der Waals surface area contributed by atoms with Crippen LogP contribution in [0, 0.1) is 5.92 Å². The number of rotatable bonds is 3. The van der Waals surface area contributed by atoms with Gasteiger partial charge in [0.2, 0.25) is 5.91 Å². The number of hydrogen-bond acceptors (Lipinski definition) is 2. The van der Waals surface area contributed by atoms with E-state index in [4.69, 9.17) is 4.74 Å². The Hall–Kier alpha value is -0.0900. The molecule has 2 rings (SSSR count). The topological polar surface area (TPSA) is 38.3 Å². The van der Waals surface area contributed by atoms with Gasteiger partial charge >= 0.3 is 0 Å². The molecule has 98 valence electrons. The normalized spacial score (nSPS) is 34.3. The van der Waals surface area contributed by atoms with Crippen LogP contribution in [0.15, 0.2) is 0 Å². The Labute approximate surface area is 112 Å². The van der Waals surface area contributed by atoms with Crippen LogP contribution in [0.5, 0.6) is 0 Å². The molecule has 17 heavy (non-hydrogen) atoms. The molecule has 1 N–H and O–H groups in total. The largest absolute Gasteiger partial charge is 0.368 e. The maximum Gasteiger partial charge on any atom is 0.249 e. The van der Waals surface area contributed by atoms with Crippen molar-refractivity contribution in [1.82, 2.24) is 5.32 Å². The van der Waals surface area contributed by atoms with Crippen LogP contribution in [0.3, 0.4) is 0 Å². The second kappa shape index (κ2) is 6.74. The lowest BCUT2D eigenvalue weighted by molar-refractivity contribution is -0.136. The van der Waals surface area contributed by atoms with E-state index in [0.717, 1.165) is 37.6 Å². The van der Waals surface area contributed by atoms with Crippen LogP contribution in [-0.2, 0) is 9.53 Å². The van der Waals surface area contributed by atoms with E-state index in [-0.39, 0.29) is 12.0 Å². The van der Waals surface area contributed by atoms with Gasteiger partial charge in [-0.25, -0.2) is 0 Å². The van der Waals surface area contributed by atoms with Gasteiger partial charge < -0.3 is 10.1 Å². The minimum absolute atomic E-state index is 0.113. The first-order chi connectivity index (χ1) is 8.31. The van der Waals surface area contributed by atoms with Gasteiger partial charge in [-0.05, 0) is 38.0 Å². The zero-order valence-electron chi connectivity index (χ0n) is 10.3. The average molecular weight is 304 g/mol. The third-order valence-corrected chi connectivity index (χ3v) is 4.74. The van der Waals surface area contributed by atoms with Gasteiger partial charge in [-0.2, -0.15) is 0 Å². The Morgan fingerprint density at radius 2 is 1.94 bits per heavy atom. The lowest BCUT2D eigenvalue weighted by atomic mass is 9.85. The first-order valence-corrected chi connectivity index (χ1v) is 7.91. The standard InChI is InChI=1S/C13H22BrNO2/c14-9-10-5-1-2-6-11(10)15-13(16)12-7-3-4-8-17-12/h10-12H,1-9H2,(H,15,16). The van der Waals surface area contributed by atoms with Crippen molar-refractivity contribution in [3.63, 3.8) is 0 Å². The number of alkyl halides is 1. The van der Waals surface area contributed by atoms with Crippen molar-refractivity contribution in [3.8, 4) is 0 Å². The van der Waals surface area contributed by atoms with Crippen LogP contribution >= 0.6 is 15.9 Å². The number of carbonyl (C=O) groups is 1. The minimum Gasteiger partial charge on any atom is -0.368 e. The fourth-order valence-corrected chi connectivity index (χ4v) is 3.58. The van der Waals surface area contributed by atoms with E-state index < -0.39 is 0 Å². The third kappa shape index (κ3) is 3.68. The van der Waals surface area contributed by atoms with E-state index in [1.165, 1.54) is 19.3 Å². The second-order valence-electron chi connectivity index (χ2n) is 5.17. The molecule has 3 unspecified atom stereocenters. The molecule has 3 atom stereocenters. The summed E-state index contributed by atoms with van der Waals surface area (Å²) in [5.41, 5.74) is 0. The Morgan fingerprint density at radius 1 is 1.18 bits per heavy atom. The molecule has 3 nitrogen and oxygen atoms in total. The molecule has 1 aliphatic heterocycles. The lowest BCUT2D eigenvalue weighted by Crippen LogP contribution is -2.48. The van der Waals surface area contributed by atoms with Crippen molar-refractivity contribution >= 4 is 21.8 Å². The lowest BCUT2D eigenvalue weighted by Gasteiger charge is -2.32. The molecule has 0 spiro atoms. The summed E-state index contributed by atoms with van der Waals surface area (Å²) in [6.07, 6.45) is 7.78. The fraction of sp³-hybridized carbons (Fsp3) is 0.923. The Balaban J connectivity index is 1.83. The summed E-state index contributed by atoms with van der Waals surface area (Å²) >= 11 is 3.55. The molecule has 2 aliphatic rings. The summed E-state index contributed by atoms with van der Waals surface area (Å²) in [6, 6.07) is 0.348. The highest BCUT2D eigenvalue weighted by Gasteiger charge is 2.29. The molecule has 2 fully saturated rings. The number of amides is 1. The Morgan fingerprint density at radius 3 is 2.65 bits per heavy atom. The van der Waals surface area contributed by atoms with Gasteiger partial charge in [-0.1, -0.05) is 28.8 Å². The van der Waals surface area contributed by atoms with Crippen LogP contribution in [0.4, 0.5) is 0 Å². The molecular weight excluding hydrogens is 282 g/mol. The highest BCUT2D eigenvalue weighted by atomic mass is 79.9. The Kier molecular flexibility index (Phi) is 5.29. The van der Waals surface area contributed by atoms with Gasteiger partial charge in [0.05, 0.1) is 0 Å². The zero-order valence-corrected chi connectivity index (χ0v) is 11.9. The van der Waals surface area contributed by atoms with E-state index in [0.29, 0.717) is 12.0 Å². The molecule has 1 amide bonds. The van der Waals surface area contributed by atoms with Gasteiger partial charge in [0, 0.05) is 18.0 Å². The molecule has 0 bridgehead atoms. The summed E-state index contributed by atoms with van der Waals surface area (Å²) in [6.45, 7) is 0.741. The van der Waals surface area contributed by atoms with Crippen LogP contribution < -0.4 is 5.32 Å². The van der Waals surface area contributed by atoms with Gasteiger partial charge in [-0.3, -0.25) is 4.79 Å². The molecule has 0 radical (unpaired) electrons. The van der Waals surface area contributed by atoms with Crippen molar-refractivity contribution < 1.29 is 9.53 Å². The summed E-state index contributed by atoms with van der Waals surface area (Å²) < 4.78 is 5.53. The SMILES string of the molecule is O=C(NC1CCCCC1CBr)C1CCCCO1. The number of hydrogen-bond donors (Lipinski definition) is 1. The first-order valence-electron chi connectivity index (χ1n) is 6.79. The van der Waals surface area contributed by atoms with Crippen LogP contribution in [-0.4, -0.2) is 30.0 Å². The van der Waals surface area contributed by atoms with Gasteiger partial charge in [-0.15, -0.1) is 0 Å². The van der Waals surface area contributed by atoms with Gasteiger partial charge in [0.15, 0.2) is 0 Å². The van der Waals surface area contributed by atoms with E-state index in [1.54, 1.807) is 0 Å². The van der Waals surface area contributed by atoms with Gasteiger partial charge in [0.25, 0.3) is 0 Å². The van der Waals surface area contributed by atoms with Crippen molar-refractivity contribution in [2.75, 3.05) is 11.9 Å². The van der Waals surface area contributed by atoms with Crippen molar-refractivity contribution in [2.24, 2.45) is 5.92 Å². The molecule has 0 aromatic heterocycles. The number of nitrogens with one attached hydrogen (secondary N) is 1. The van der Waals surface area contributed by atoms with E-state index in [2.05, 4.69) is 21.2 Å². The van der Waals surface area contributed by atoms with Crippen molar-refractivity contribution in [3.05, 3.63) is 0 Å². The molecule has 1 heterocycles. The monoisotopic (exact) mass is 303 g/mol. The summed E-state index contributed by atoms with van der Waals surface area (Å²) in [4.78, 5) is 12.1. The molecule has 0 aromatic rings. The zero-order chi connectivity index (χ0) is 12.1. The summed E-state index contributed by atoms with van der Waals surface area (Å²) in [5.74, 6) is 0.707. The van der Waals surface area contributed by atoms with Crippen LogP contribution in [0.1, 0.15) is 44.9 Å². The first kappa shape index (κ1) is 13.3. The predicted molar refractivity (Wildman–Crippen MR) is 71.3 cm³/mol. The molecule has 1 saturated heterocycles. The predicted octanol–water partition coefficient (Wildman–Crippen LogP) is 2.63. The smallest absolute Gasteiger partial charge is 0.249 e. The van der Waals surface area contributed by atoms with Crippen molar-refractivity contribution in [2.45, 2.75) is 57.1 Å². The maximum absolute atomic E-state index is 12.1. The van der Waals surface area contributed by atoms with Crippen molar-refractivity contribution in [1.29, 1.82) is 0 Å². The molecule has 4 heteroatoms. The quantitative estimate of drug-likeness (QED) is 0.814. The minimum atomic E-state index is -0.193. The van der Waals surface area contributed by atoms with Crippen LogP contribution in [0.25, 0.3) is 0 Å². The highest BCUT2D eigenvalue weighted by molar-refractivity contribution is 9.09. The summed E-state index contributed by atoms with van der Waals surface area (Å²) in [5, 5.41) is 4.19. The Bertz CT molecular complexity index is 254. The number of halogens is 1. The average Bonchev–Trinajstić information content (AvgIpc) is 2.40. The number of carbonyl (C=O) groups excluding carboxylic acids is 1. The van der Waals surface area contributed by atoms with E-state index in [1.807, 2.05) is 0 Å². The molecular formula is C13H22BrNO2. The third-order valence-electron chi connectivity index (χ3n) is 3.91. The summed E-state index contributed by atoms with van der Waals surface area (Å²) in [7, 11) is 0. The number of ether oxygens (including phenoxy) is 1. The highest BCUT2D eigenvalue weighted by Crippen LogP contribution is 2.26. The second-order valence-corrected chi connectivity index (χ2v) is 5.82. The fourth-order valence-electron chi connectivity index (χ4n) is 2.81. The molecule has 1 aliphatic carbocycles. The van der Waals surface area contributed by atoms with E-state index in [9.17, 15) is 4.79 Å².